The van der Waals surface area contributed by atoms with Crippen molar-refractivity contribution in [3.05, 3.63) is 0 Å². The summed E-state index contributed by atoms with van der Waals surface area (Å²) in [5.41, 5.74) is 0.287. The van der Waals surface area contributed by atoms with Gasteiger partial charge in [-0.2, -0.15) is 0 Å². The number of carbonyl (C=O) groups excluding carboxylic acids is 1. The highest BCUT2D eigenvalue weighted by Crippen LogP contribution is 2.37. The molecule has 1 unspecified atom stereocenters. The summed E-state index contributed by atoms with van der Waals surface area (Å²) in [6.45, 7) is 6.75. The third-order valence-corrected chi connectivity index (χ3v) is 5.70. The highest BCUT2D eigenvalue weighted by Gasteiger charge is 2.35. The third-order valence-electron chi connectivity index (χ3n) is 4.33. The maximum atomic E-state index is 12.0. The van der Waals surface area contributed by atoms with Gasteiger partial charge in [0.1, 0.15) is 0 Å². The summed E-state index contributed by atoms with van der Waals surface area (Å²) in [5.74, 6) is 0.871. The van der Waals surface area contributed by atoms with Crippen molar-refractivity contribution in [3.8, 4) is 0 Å². The Morgan fingerprint density at radius 2 is 2.06 bits per heavy atom. The highest BCUT2D eigenvalue weighted by atomic mass is 32.2. The molecular weight excluding hydrogens is 244 g/mol. The normalized spacial score (nSPS) is 28.2. The maximum Gasteiger partial charge on any atom is 0.230 e. The fourth-order valence-electron chi connectivity index (χ4n) is 2.99. The van der Waals surface area contributed by atoms with Crippen molar-refractivity contribution in [1.29, 1.82) is 0 Å². The van der Waals surface area contributed by atoms with Crippen LogP contribution >= 0.6 is 11.8 Å². The Bertz CT molecular complexity index is 288. The summed E-state index contributed by atoms with van der Waals surface area (Å²) in [4.78, 5) is 12.0. The molecule has 1 saturated carbocycles. The first-order valence-electron chi connectivity index (χ1n) is 7.19. The van der Waals surface area contributed by atoms with Crippen LogP contribution in [-0.2, 0) is 4.79 Å². The van der Waals surface area contributed by atoms with Crippen molar-refractivity contribution in [2.45, 2.75) is 57.2 Å². The van der Waals surface area contributed by atoms with Crippen LogP contribution in [0.3, 0.4) is 0 Å². The van der Waals surface area contributed by atoms with Crippen LogP contribution in [0.15, 0.2) is 0 Å². The molecule has 2 N–H and O–H groups in total. The number of thioether (sulfide) groups is 1. The molecule has 2 rings (SSSR count). The fraction of sp³-hybridized carbons (Fsp3) is 0.929. The Morgan fingerprint density at radius 1 is 1.33 bits per heavy atom. The van der Waals surface area contributed by atoms with Crippen molar-refractivity contribution >= 4 is 17.7 Å². The van der Waals surface area contributed by atoms with E-state index in [4.69, 9.17) is 0 Å². The molecule has 0 radical (unpaired) electrons. The van der Waals surface area contributed by atoms with Crippen molar-refractivity contribution < 1.29 is 4.79 Å². The first-order chi connectivity index (χ1) is 8.58. The van der Waals surface area contributed by atoms with Gasteiger partial charge in [-0.05, 0) is 44.2 Å². The maximum absolute atomic E-state index is 12.0. The molecule has 4 heteroatoms. The van der Waals surface area contributed by atoms with Crippen LogP contribution in [0.1, 0.15) is 46.0 Å². The smallest absolute Gasteiger partial charge is 0.230 e. The van der Waals surface area contributed by atoms with Gasteiger partial charge in [0.2, 0.25) is 5.91 Å². The van der Waals surface area contributed by atoms with Crippen LogP contribution in [-0.4, -0.2) is 36.0 Å². The molecule has 1 saturated heterocycles. The molecule has 3 nitrogen and oxygen atoms in total. The predicted molar refractivity (Wildman–Crippen MR) is 77.9 cm³/mol. The predicted octanol–water partition coefficient (Wildman–Crippen LogP) is 2.17. The minimum Gasteiger partial charge on any atom is -0.352 e. The van der Waals surface area contributed by atoms with Gasteiger partial charge in [-0.3, -0.25) is 4.79 Å². The van der Waals surface area contributed by atoms with Gasteiger partial charge in [0.25, 0.3) is 0 Å². The van der Waals surface area contributed by atoms with Crippen LogP contribution in [0.2, 0.25) is 0 Å². The number of hydrogen-bond donors (Lipinski definition) is 2. The molecule has 0 aromatic heterocycles. The molecular formula is C14H26N2OS. The standard InChI is InChI=1S/C14H26N2OS/c1-14(2)7-3-4-12(14)16-13(17)10-18-11-5-8-15-9-6-11/h11-12,15H,3-10H2,1-2H3,(H,16,17). The van der Waals surface area contributed by atoms with E-state index in [2.05, 4.69) is 24.5 Å². The monoisotopic (exact) mass is 270 g/mol. The highest BCUT2D eigenvalue weighted by molar-refractivity contribution is 8.00. The van der Waals surface area contributed by atoms with E-state index in [1.54, 1.807) is 0 Å². The summed E-state index contributed by atoms with van der Waals surface area (Å²) >= 11 is 1.84. The lowest BCUT2D eigenvalue weighted by atomic mass is 9.87. The van der Waals surface area contributed by atoms with Crippen molar-refractivity contribution in [2.24, 2.45) is 5.41 Å². The Hall–Kier alpha value is -0.220. The summed E-state index contributed by atoms with van der Waals surface area (Å²) < 4.78 is 0. The van der Waals surface area contributed by atoms with E-state index in [1.165, 1.54) is 25.7 Å². The SMILES string of the molecule is CC1(C)CCCC1NC(=O)CSC1CCNCC1. The topological polar surface area (TPSA) is 41.1 Å². The van der Waals surface area contributed by atoms with Crippen molar-refractivity contribution in [1.82, 2.24) is 10.6 Å². The van der Waals surface area contributed by atoms with Crippen molar-refractivity contribution in [3.63, 3.8) is 0 Å². The summed E-state index contributed by atoms with van der Waals surface area (Å²) in [6, 6.07) is 0.388. The van der Waals surface area contributed by atoms with E-state index in [0.717, 1.165) is 19.5 Å². The van der Waals surface area contributed by atoms with Gasteiger partial charge < -0.3 is 10.6 Å². The first kappa shape index (κ1) is 14.2. The zero-order chi connectivity index (χ0) is 13.0. The summed E-state index contributed by atoms with van der Waals surface area (Å²) in [7, 11) is 0. The molecule has 1 atom stereocenters. The average molecular weight is 270 g/mol. The number of carbonyl (C=O) groups is 1. The second-order valence-electron chi connectivity index (χ2n) is 6.26. The molecule has 0 bridgehead atoms. The second-order valence-corrected chi connectivity index (χ2v) is 7.55. The lowest BCUT2D eigenvalue weighted by molar-refractivity contribution is -0.119. The van der Waals surface area contributed by atoms with E-state index in [1.807, 2.05) is 11.8 Å². The first-order valence-corrected chi connectivity index (χ1v) is 8.24. The average Bonchev–Trinajstić information content (AvgIpc) is 2.68. The third kappa shape index (κ3) is 3.89. The van der Waals surface area contributed by atoms with Gasteiger partial charge in [-0.15, -0.1) is 11.8 Å². The quantitative estimate of drug-likeness (QED) is 0.822. The largest absolute Gasteiger partial charge is 0.352 e. The number of amides is 1. The van der Waals surface area contributed by atoms with Crippen LogP contribution in [0.4, 0.5) is 0 Å². The number of rotatable bonds is 4. The lowest BCUT2D eigenvalue weighted by Gasteiger charge is -2.28. The van der Waals surface area contributed by atoms with E-state index in [-0.39, 0.29) is 11.3 Å². The van der Waals surface area contributed by atoms with Gasteiger partial charge in [0.15, 0.2) is 0 Å². The molecule has 18 heavy (non-hydrogen) atoms. The Balaban J connectivity index is 1.68. The summed E-state index contributed by atoms with van der Waals surface area (Å²) in [5, 5.41) is 7.27. The van der Waals surface area contributed by atoms with Crippen LogP contribution in [0.25, 0.3) is 0 Å². The molecule has 104 valence electrons. The molecule has 1 amide bonds. The second kappa shape index (κ2) is 6.29. The fourth-order valence-corrected chi connectivity index (χ4v) is 4.03. The molecule has 0 spiro atoms. The molecule has 0 aromatic carbocycles. The van der Waals surface area contributed by atoms with E-state index in [0.29, 0.717) is 17.0 Å². The van der Waals surface area contributed by atoms with Gasteiger partial charge in [-0.25, -0.2) is 0 Å². The Labute approximate surface area is 115 Å². The zero-order valence-electron chi connectivity index (χ0n) is 11.6. The number of piperidine rings is 1. The van der Waals surface area contributed by atoms with Gasteiger partial charge in [-0.1, -0.05) is 20.3 Å². The molecule has 2 aliphatic rings. The zero-order valence-corrected chi connectivity index (χ0v) is 12.4. The number of hydrogen-bond acceptors (Lipinski definition) is 3. The molecule has 0 aromatic rings. The van der Waals surface area contributed by atoms with Crippen LogP contribution in [0, 0.1) is 5.41 Å². The Morgan fingerprint density at radius 3 is 2.67 bits per heavy atom. The molecule has 2 fully saturated rings. The van der Waals surface area contributed by atoms with E-state index >= 15 is 0 Å². The minimum absolute atomic E-state index is 0.235. The van der Waals surface area contributed by atoms with Gasteiger partial charge in [0.05, 0.1) is 5.75 Å². The molecule has 1 heterocycles. The van der Waals surface area contributed by atoms with Crippen LogP contribution in [0.5, 0.6) is 0 Å². The van der Waals surface area contributed by atoms with Gasteiger partial charge >= 0.3 is 0 Å². The Kier molecular flexibility index (Phi) is 4.96. The minimum atomic E-state index is 0.235. The molecule has 1 aliphatic carbocycles. The van der Waals surface area contributed by atoms with Gasteiger partial charge in [0, 0.05) is 11.3 Å². The van der Waals surface area contributed by atoms with E-state index in [9.17, 15) is 4.79 Å². The molecule has 1 aliphatic heterocycles. The summed E-state index contributed by atoms with van der Waals surface area (Å²) in [6.07, 6.45) is 6.04. The van der Waals surface area contributed by atoms with Crippen molar-refractivity contribution in [2.75, 3.05) is 18.8 Å². The lowest BCUT2D eigenvalue weighted by Crippen LogP contribution is -2.42. The van der Waals surface area contributed by atoms with E-state index < -0.39 is 0 Å². The van der Waals surface area contributed by atoms with Crippen LogP contribution < -0.4 is 10.6 Å². The number of nitrogens with one attached hydrogen (secondary N) is 2.